The minimum atomic E-state index is -1.11. The van der Waals surface area contributed by atoms with Gasteiger partial charge < -0.3 is 5.11 Å². The summed E-state index contributed by atoms with van der Waals surface area (Å²) in [5.74, 6) is -1.51. The van der Waals surface area contributed by atoms with Gasteiger partial charge in [0.1, 0.15) is 10.2 Å². The van der Waals surface area contributed by atoms with Crippen molar-refractivity contribution in [3.05, 3.63) is 45.4 Å². The van der Waals surface area contributed by atoms with E-state index in [2.05, 4.69) is 0 Å². The number of thiophene rings is 1. The van der Waals surface area contributed by atoms with Gasteiger partial charge in [-0.15, -0.1) is 11.3 Å². The Bertz CT molecular complexity index is 551. The molecule has 5 heteroatoms. The maximum atomic E-state index is 13.0. The molecule has 0 fully saturated rings. The molecule has 0 aliphatic heterocycles. The van der Waals surface area contributed by atoms with Crippen LogP contribution in [0.2, 0.25) is 4.34 Å². The topological polar surface area (TPSA) is 37.3 Å². The van der Waals surface area contributed by atoms with Crippen LogP contribution < -0.4 is 0 Å². The highest BCUT2D eigenvalue weighted by Crippen LogP contribution is 2.35. The normalized spacial score (nSPS) is 10.4. The summed E-state index contributed by atoms with van der Waals surface area (Å²) in [6, 6.07) is 5.76. The Labute approximate surface area is 99.9 Å². The average Bonchev–Trinajstić information content (AvgIpc) is 2.60. The van der Waals surface area contributed by atoms with Crippen molar-refractivity contribution in [2.45, 2.75) is 0 Å². The van der Waals surface area contributed by atoms with Gasteiger partial charge in [-0.3, -0.25) is 0 Å². The molecule has 1 aromatic carbocycles. The minimum Gasteiger partial charge on any atom is -0.478 e. The molecule has 1 N–H and O–H groups in total. The summed E-state index contributed by atoms with van der Waals surface area (Å²) in [7, 11) is 0. The molecule has 0 unspecified atom stereocenters. The predicted molar refractivity (Wildman–Crippen MR) is 61.7 cm³/mol. The second-order valence-corrected chi connectivity index (χ2v) is 4.60. The third-order valence-electron chi connectivity index (χ3n) is 2.10. The quantitative estimate of drug-likeness (QED) is 0.885. The summed E-state index contributed by atoms with van der Waals surface area (Å²) in [5.41, 5.74) is 0.986. The Morgan fingerprint density at radius 2 is 2.19 bits per heavy atom. The van der Waals surface area contributed by atoms with Crippen LogP contribution in [0.15, 0.2) is 29.6 Å². The molecule has 16 heavy (non-hydrogen) atoms. The standard InChI is InChI=1S/C11H6ClFO2S/c12-10-9(11(14)15)8(5-16-10)6-2-1-3-7(13)4-6/h1-5H,(H,14,15). The average molecular weight is 257 g/mol. The lowest BCUT2D eigenvalue weighted by molar-refractivity contribution is 0.0698. The molecular formula is C11H6ClFO2S. The summed E-state index contributed by atoms with van der Waals surface area (Å²) in [4.78, 5) is 11.0. The van der Waals surface area contributed by atoms with E-state index in [1.54, 1.807) is 11.4 Å². The first-order valence-electron chi connectivity index (χ1n) is 4.36. The van der Waals surface area contributed by atoms with Crippen molar-refractivity contribution in [2.24, 2.45) is 0 Å². The number of carboxylic acid groups (broad SMARTS) is 1. The van der Waals surface area contributed by atoms with Crippen LogP contribution in [0.25, 0.3) is 11.1 Å². The minimum absolute atomic E-state index is 0.0252. The highest BCUT2D eigenvalue weighted by Gasteiger charge is 2.18. The van der Waals surface area contributed by atoms with Crippen molar-refractivity contribution < 1.29 is 14.3 Å². The molecule has 0 aliphatic rings. The molecule has 0 radical (unpaired) electrons. The number of aromatic carboxylic acids is 1. The molecule has 2 rings (SSSR count). The molecule has 0 atom stereocenters. The lowest BCUT2D eigenvalue weighted by Crippen LogP contribution is -1.97. The fourth-order valence-electron chi connectivity index (χ4n) is 1.40. The number of rotatable bonds is 2. The number of carboxylic acids is 1. The Hall–Kier alpha value is -1.39. The summed E-state index contributed by atoms with van der Waals surface area (Å²) in [6.45, 7) is 0. The van der Waals surface area contributed by atoms with Crippen molar-refractivity contribution in [2.75, 3.05) is 0 Å². The van der Waals surface area contributed by atoms with Gasteiger partial charge in [-0.05, 0) is 17.7 Å². The zero-order chi connectivity index (χ0) is 11.7. The highest BCUT2D eigenvalue weighted by molar-refractivity contribution is 7.15. The molecule has 1 aromatic heterocycles. The van der Waals surface area contributed by atoms with Crippen LogP contribution >= 0.6 is 22.9 Å². The first-order valence-corrected chi connectivity index (χ1v) is 5.61. The van der Waals surface area contributed by atoms with E-state index >= 15 is 0 Å². The van der Waals surface area contributed by atoms with Crippen molar-refractivity contribution in [3.8, 4) is 11.1 Å². The van der Waals surface area contributed by atoms with Crippen molar-refractivity contribution in [1.82, 2.24) is 0 Å². The third-order valence-corrected chi connectivity index (χ3v) is 3.32. The van der Waals surface area contributed by atoms with Crippen LogP contribution in [0.5, 0.6) is 0 Å². The number of carbonyl (C=O) groups is 1. The van der Waals surface area contributed by atoms with Gasteiger partial charge in [0, 0.05) is 10.9 Å². The van der Waals surface area contributed by atoms with Crippen molar-refractivity contribution in [3.63, 3.8) is 0 Å². The van der Waals surface area contributed by atoms with E-state index in [0.717, 1.165) is 11.3 Å². The summed E-state index contributed by atoms with van der Waals surface area (Å²) in [5, 5.41) is 10.6. The zero-order valence-corrected chi connectivity index (χ0v) is 9.48. The summed E-state index contributed by atoms with van der Waals surface area (Å²) < 4.78 is 13.2. The SMILES string of the molecule is O=C(O)c1c(-c2cccc(F)c2)csc1Cl. The van der Waals surface area contributed by atoms with E-state index in [-0.39, 0.29) is 9.90 Å². The lowest BCUT2D eigenvalue weighted by atomic mass is 10.0. The predicted octanol–water partition coefficient (Wildman–Crippen LogP) is 3.91. The molecule has 0 spiro atoms. The second kappa shape index (κ2) is 4.23. The van der Waals surface area contributed by atoms with Crippen LogP contribution in [0.1, 0.15) is 10.4 Å². The second-order valence-electron chi connectivity index (χ2n) is 3.11. The van der Waals surface area contributed by atoms with Gasteiger partial charge in [-0.2, -0.15) is 0 Å². The molecular weight excluding hydrogens is 251 g/mol. The maximum Gasteiger partial charge on any atom is 0.338 e. The molecule has 0 amide bonds. The van der Waals surface area contributed by atoms with E-state index in [0.29, 0.717) is 11.1 Å². The molecule has 0 saturated heterocycles. The zero-order valence-electron chi connectivity index (χ0n) is 7.91. The first kappa shape index (κ1) is 11.1. The Kier molecular flexibility index (Phi) is 2.94. The lowest BCUT2D eigenvalue weighted by Gasteiger charge is -2.01. The monoisotopic (exact) mass is 256 g/mol. The maximum absolute atomic E-state index is 13.0. The van der Waals surface area contributed by atoms with Crippen LogP contribution in [-0.2, 0) is 0 Å². The fraction of sp³-hybridized carbons (Fsp3) is 0. The first-order chi connectivity index (χ1) is 7.59. The molecule has 1 heterocycles. The van der Waals surface area contributed by atoms with Crippen molar-refractivity contribution >= 4 is 28.9 Å². The van der Waals surface area contributed by atoms with Gasteiger partial charge in [0.25, 0.3) is 0 Å². The van der Waals surface area contributed by atoms with Gasteiger partial charge in [0.2, 0.25) is 0 Å². The molecule has 2 aromatic rings. The Morgan fingerprint density at radius 1 is 1.44 bits per heavy atom. The largest absolute Gasteiger partial charge is 0.478 e. The number of hydrogen-bond donors (Lipinski definition) is 1. The number of halogens is 2. The molecule has 0 aliphatic carbocycles. The Balaban J connectivity index is 2.60. The molecule has 2 nitrogen and oxygen atoms in total. The van der Waals surface area contributed by atoms with Crippen molar-refractivity contribution in [1.29, 1.82) is 0 Å². The van der Waals surface area contributed by atoms with Crippen LogP contribution in [0, 0.1) is 5.82 Å². The van der Waals surface area contributed by atoms with Crippen LogP contribution in [-0.4, -0.2) is 11.1 Å². The van der Waals surface area contributed by atoms with Gasteiger partial charge in [-0.1, -0.05) is 23.7 Å². The van der Waals surface area contributed by atoms with E-state index < -0.39 is 11.8 Å². The molecule has 82 valence electrons. The summed E-state index contributed by atoms with van der Waals surface area (Å²) >= 11 is 6.90. The third kappa shape index (κ3) is 1.94. The van der Waals surface area contributed by atoms with Gasteiger partial charge in [0.15, 0.2) is 0 Å². The van der Waals surface area contributed by atoms with E-state index in [4.69, 9.17) is 16.7 Å². The van der Waals surface area contributed by atoms with E-state index in [1.807, 2.05) is 0 Å². The van der Waals surface area contributed by atoms with E-state index in [9.17, 15) is 9.18 Å². The smallest absolute Gasteiger partial charge is 0.338 e. The fourth-order valence-corrected chi connectivity index (χ4v) is 2.51. The molecule has 0 saturated carbocycles. The number of hydrogen-bond acceptors (Lipinski definition) is 2. The van der Waals surface area contributed by atoms with Gasteiger partial charge in [0.05, 0.1) is 5.56 Å². The molecule has 0 bridgehead atoms. The van der Waals surface area contributed by atoms with Crippen LogP contribution in [0.3, 0.4) is 0 Å². The number of benzene rings is 1. The Morgan fingerprint density at radius 3 is 2.81 bits per heavy atom. The van der Waals surface area contributed by atoms with E-state index in [1.165, 1.54) is 18.2 Å². The summed E-state index contributed by atoms with van der Waals surface area (Å²) in [6.07, 6.45) is 0. The highest BCUT2D eigenvalue weighted by atomic mass is 35.5. The van der Waals surface area contributed by atoms with Crippen LogP contribution in [0.4, 0.5) is 4.39 Å². The van der Waals surface area contributed by atoms with Gasteiger partial charge >= 0.3 is 5.97 Å². The van der Waals surface area contributed by atoms with Gasteiger partial charge in [-0.25, -0.2) is 9.18 Å².